The maximum absolute atomic E-state index is 14.1. The summed E-state index contributed by atoms with van der Waals surface area (Å²) >= 11 is 0. The number of hydrogen-bond donors (Lipinski definition) is 1. The van der Waals surface area contributed by atoms with Gasteiger partial charge >= 0.3 is 5.97 Å². The summed E-state index contributed by atoms with van der Waals surface area (Å²) in [4.78, 5) is 24.7. The summed E-state index contributed by atoms with van der Waals surface area (Å²) in [5.41, 5.74) is -1.03. The highest BCUT2D eigenvalue weighted by molar-refractivity contribution is 7.93. The highest BCUT2D eigenvalue weighted by Gasteiger charge is 2.47. The number of anilines is 1. The van der Waals surface area contributed by atoms with Crippen LogP contribution < -0.4 is 4.31 Å². The van der Waals surface area contributed by atoms with Gasteiger partial charge in [0.05, 0.1) is 18.0 Å². The first kappa shape index (κ1) is 17.7. The number of likely N-dealkylation sites (tertiary alicyclic amines) is 1. The van der Waals surface area contributed by atoms with Crippen LogP contribution in [0, 0.1) is 6.92 Å². The second kappa shape index (κ2) is 5.98. The van der Waals surface area contributed by atoms with Crippen LogP contribution in [0.4, 0.5) is 10.1 Å². The van der Waals surface area contributed by atoms with Crippen molar-refractivity contribution in [2.45, 2.75) is 25.4 Å². The van der Waals surface area contributed by atoms with Crippen molar-refractivity contribution >= 4 is 27.6 Å². The van der Waals surface area contributed by atoms with Gasteiger partial charge < -0.3 is 10.0 Å². The van der Waals surface area contributed by atoms with Gasteiger partial charge in [-0.25, -0.2) is 17.6 Å². The zero-order valence-corrected chi connectivity index (χ0v) is 14.6. The number of sulfonamides is 1. The van der Waals surface area contributed by atoms with Crippen molar-refractivity contribution in [3.05, 3.63) is 29.3 Å². The number of alkyl halides is 1. The number of rotatable bonds is 3. The number of aryl methyl sites for hydroxylation is 1. The summed E-state index contributed by atoms with van der Waals surface area (Å²) in [5, 5.41) is 8.93. The monoisotopic (exact) mass is 370 g/mol. The van der Waals surface area contributed by atoms with Crippen molar-refractivity contribution < 1.29 is 27.5 Å². The van der Waals surface area contributed by atoms with E-state index in [1.165, 1.54) is 15.3 Å². The predicted molar refractivity (Wildman–Crippen MR) is 88.9 cm³/mol. The molecule has 1 unspecified atom stereocenters. The number of hydrogen-bond acceptors (Lipinski definition) is 4. The number of carboxylic acid groups (broad SMARTS) is 1. The Bertz CT molecular complexity index is 841. The fourth-order valence-electron chi connectivity index (χ4n) is 3.26. The lowest BCUT2D eigenvalue weighted by Gasteiger charge is -2.21. The molecule has 2 heterocycles. The molecule has 2 aliphatic heterocycles. The van der Waals surface area contributed by atoms with Crippen molar-refractivity contribution in [2.24, 2.45) is 0 Å². The molecule has 0 saturated carbocycles. The maximum atomic E-state index is 14.1. The van der Waals surface area contributed by atoms with Gasteiger partial charge in [0.25, 0.3) is 5.91 Å². The van der Waals surface area contributed by atoms with E-state index < -0.39 is 34.1 Å². The van der Waals surface area contributed by atoms with Crippen LogP contribution in [0.3, 0.4) is 0 Å². The molecule has 7 nitrogen and oxygen atoms in total. The Hall–Kier alpha value is -2.16. The largest absolute Gasteiger partial charge is 0.479 e. The van der Waals surface area contributed by atoms with E-state index in [-0.39, 0.29) is 18.7 Å². The fourth-order valence-corrected chi connectivity index (χ4v) is 4.82. The van der Waals surface area contributed by atoms with Crippen molar-refractivity contribution in [2.75, 3.05) is 29.7 Å². The molecule has 0 aromatic heterocycles. The average Bonchev–Trinajstić information content (AvgIpc) is 3.10. The highest BCUT2D eigenvalue weighted by Crippen LogP contribution is 2.30. The van der Waals surface area contributed by atoms with Crippen LogP contribution >= 0.6 is 0 Å². The first-order chi connectivity index (χ1) is 11.6. The van der Waals surface area contributed by atoms with Crippen molar-refractivity contribution in [3.8, 4) is 0 Å². The molecule has 0 radical (unpaired) electrons. The first-order valence-corrected chi connectivity index (χ1v) is 9.58. The third kappa shape index (κ3) is 3.08. The molecule has 1 N–H and O–H groups in total. The summed E-state index contributed by atoms with van der Waals surface area (Å²) in [6.45, 7) is 1.63. The van der Waals surface area contributed by atoms with Crippen LogP contribution in [0.2, 0.25) is 0 Å². The molecule has 1 atom stereocenters. The predicted octanol–water partition coefficient (Wildman–Crippen LogP) is 1.17. The molecule has 2 saturated heterocycles. The van der Waals surface area contributed by atoms with E-state index in [1.807, 2.05) is 0 Å². The normalized spacial score (nSPS) is 25.4. The summed E-state index contributed by atoms with van der Waals surface area (Å²) < 4.78 is 39.5. The third-order valence-electron chi connectivity index (χ3n) is 4.72. The Morgan fingerprint density at radius 3 is 2.52 bits per heavy atom. The van der Waals surface area contributed by atoms with Gasteiger partial charge in [-0.2, -0.15) is 0 Å². The first-order valence-electron chi connectivity index (χ1n) is 7.97. The standard InChI is InChI=1S/C16H19FN2O5S/c1-11-9-12(19-6-2-8-25(19,23)24)3-4-13(11)14(20)18-7-5-16(17,10-18)15(21)22/h3-4,9H,2,5-8,10H2,1H3,(H,21,22). The Balaban J connectivity index is 1.82. The average molecular weight is 370 g/mol. The molecule has 3 rings (SSSR count). The summed E-state index contributed by atoms with van der Waals surface area (Å²) in [7, 11) is -3.31. The number of carbonyl (C=O) groups is 2. The molecular formula is C16H19FN2O5S. The van der Waals surface area contributed by atoms with Gasteiger partial charge in [-0.1, -0.05) is 0 Å². The molecule has 25 heavy (non-hydrogen) atoms. The Labute approximate surface area is 145 Å². The van der Waals surface area contributed by atoms with Gasteiger partial charge in [0.2, 0.25) is 15.7 Å². The molecule has 136 valence electrons. The molecule has 1 aromatic rings. The minimum absolute atomic E-state index is 0.0311. The molecule has 1 aromatic carbocycles. The van der Waals surface area contributed by atoms with Gasteiger partial charge in [-0.05, 0) is 37.1 Å². The molecular weight excluding hydrogens is 351 g/mol. The quantitative estimate of drug-likeness (QED) is 0.862. The zero-order valence-electron chi connectivity index (χ0n) is 13.7. The van der Waals surface area contributed by atoms with Gasteiger partial charge in [-0.15, -0.1) is 0 Å². The number of amides is 1. The lowest BCUT2D eigenvalue weighted by molar-refractivity contribution is -0.149. The van der Waals surface area contributed by atoms with Crippen LogP contribution in [0.1, 0.15) is 28.8 Å². The number of nitrogens with zero attached hydrogens (tertiary/aromatic N) is 2. The highest BCUT2D eigenvalue weighted by atomic mass is 32.2. The van der Waals surface area contributed by atoms with E-state index >= 15 is 0 Å². The van der Waals surface area contributed by atoms with Crippen LogP contribution in [0.15, 0.2) is 18.2 Å². The second-order valence-corrected chi connectivity index (χ2v) is 8.50. The minimum Gasteiger partial charge on any atom is -0.479 e. The van der Waals surface area contributed by atoms with E-state index in [2.05, 4.69) is 0 Å². The van der Waals surface area contributed by atoms with E-state index in [1.54, 1.807) is 19.1 Å². The number of halogens is 1. The smallest absolute Gasteiger partial charge is 0.343 e. The molecule has 0 aliphatic carbocycles. The van der Waals surface area contributed by atoms with Crippen molar-refractivity contribution in [1.82, 2.24) is 4.90 Å². The Kier molecular flexibility index (Phi) is 4.22. The van der Waals surface area contributed by atoms with Crippen molar-refractivity contribution in [1.29, 1.82) is 0 Å². The van der Waals surface area contributed by atoms with Crippen LogP contribution in [0.25, 0.3) is 0 Å². The zero-order chi connectivity index (χ0) is 18.4. The lowest BCUT2D eigenvalue weighted by Crippen LogP contribution is -2.39. The summed E-state index contributed by atoms with van der Waals surface area (Å²) in [6, 6.07) is 4.69. The third-order valence-corrected chi connectivity index (χ3v) is 6.59. The van der Waals surface area contributed by atoms with Crippen LogP contribution in [-0.4, -0.2) is 61.4 Å². The Morgan fingerprint density at radius 2 is 2.00 bits per heavy atom. The maximum Gasteiger partial charge on any atom is 0.343 e. The number of carbonyl (C=O) groups excluding carboxylic acids is 1. The van der Waals surface area contributed by atoms with Crippen LogP contribution in [-0.2, 0) is 14.8 Å². The fraction of sp³-hybridized carbons (Fsp3) is 0.500. The molecule has 9 heteroatoms. The Morgan fingerprint density at radius 1 is 1.28 bits per heavy atom. The van der Waals surface area contributed by atoms with Gasteiger partial charge in [0.15, 0.2) is 0 Å². The van der Waals surface area contributed by atoms with Gasteiger partial charge in [-0.3, -0.25) is 9.10 Å². The van der Waals surface area contributed by atoms with Gasteiger partial charge in [0.1, 0.15) is 0 Å². The number of carboxylic acids is 1. The molecule has 1 amide bonds. The van der Waals surface area contributed by atoms with E-state index in [4.69, 9.17) is 5.11 Å². The van der Waals surface area contributed by atoms with E-state index in [9.17, 15) is 22.4 Å². The molecule has 0 bridgehead atoms. The molecule has 2 aliphatic rings. The topological polar surface area (TPSA) is 95.0 Å². The second-order valence-electron chi connectivity index (χ2n) is 6.49. The number of benzene rings is 1. The lowest BCUT2D eigenvalue weighted by atomic mass is 10.1. The molecule has 0 spiro atoms. The van der Waals surface area contributed by atoms with Crippen molar-refractivity contribution in [3.63, 3.8) is 0 Å². The van der Waals surface area contributed by atoms with Crippen LogP contribution in [0.5, 0.6) is 0 Å². The molecule has 2 fully saturated rings. The van der Waals surface area contributed by atoms with E-state index in [0.717, 1.165) is 0 Å². The van der Waals surface area contributed by atoms with Gasteiger partial charge in [0, 0.05) is 25.1 Å². The summed E-state index contributed by atoms with van der Waals surface area (Å²) in [5.74, 6) is -1.91. The number of aliphatic carboxylic acids is 1. The van der Waals surface area contributed by atoms with E-state index in [0.29, 0.717) is 29.8 Å². The SMILES string of the molecule is Cc1cc(N2CCCS2(=O)=O)ccc1C(=O)N1CCC(F)(C(=O)O)C1. The minimum atomic E-state index is -3.31. The summed E-state index contributed by atoms with van der Waals surface area (Å²) in [6.07, 6.45) is 0.320.